The maximum Gasteiger partial charge on any atom is 0.119 e. The van der Waals surface area contributed by atoms with Gasteiger partial charge in [0.15, 0.2) is 0 Å². The van der Waals surface area contributed by atoms with Gasteiger partial charge >= 0.3 is 0 Å². The van der Waals surface area contributed by atoms with Gasteiger partial charge in [-0.15, -0.1) is 0 Å². The predicted octanol–water partition coefficient (Wildman–Crippen LogP) is 2.38. The summed E-state index contributed by atoms with van der Waals surface area (Å²) in [5.41, 5.74) is 7.59. The second kappa shape index (κ2) is 5.89. The van der Waals surface area contributed by atoms with Crippen molar-refractivity contribution >= 4 is 11.6 Å². The molecule has 0 aliphatic rings. The number of aromatic nitrogens is 2. The second-order valence-corrected chi connectivity index (χ2v) is 4.41. The lowest BCUT2D eigenvalue weighted by Gasteiger charge is -2.08. The standard InChI is InChI=1S/C13H16ClN3O/c1-10-13(14)9-16-17(10)5-6-18-12-4-2-3-11(7-12)8-15/h2-4,7,9H,5-6,8,15H2,1H3. The van der Waals surface area contributed by atoms with Gasteiger partial charge in [0.2, 0.25) is 0 Å². The number of nitrogens with zero attached hydrogens (tertiary/aromatic N) is 2. The van der Waals surface area contributed by atoms with Crippen LogP contribution in [0.3, 0.4) is 0 Å². The summed E-state index contributed by atoms with van der Waals surface area (Å²) in [5.74, 6) is 0.828. The molecule has 18 heavy (non-hydrogen) atoms. The third-order valence-electron chi connectivity index (χ3n) is 2.75. The van der Waals surface area contributed by atoms with Crippen LogP contribution in [-0.2, 0) is 13.1 Å². The molecule has 1 heterocycles. The Morgan fingerprint density at radius 1 is 1.44 bits per heavy atom. The lowest BCUT2D eigenvalue weighted by atomic mass is 10.2. The molecule has 2 N–H and O–H groups in total. The van der Waals surface area contributed by atoms with Crippen LogP contribution in [0.15, 0.2) is 30.5 Å². The van der Waals surface area contributed by atoms with E-state index in [1.807, 2.05) is 35.9 Å². The van der Waals surface area contributed by atoms with Gasteiger partial charge in [-0.05, 0) is 24.6 Å². The minimum atomic E-state index is 0.519. The molecule has 2 rings (SSSR count). The van der Waals surface area contributed by atoms with E-state index in [-0.39, 0.29) is 0 Å². The van der Waals surface area contributed by atoms with Crippen molar-refractivity contribution in [1.82, 2.24) is 9.78 Å². The number of benzene rings is 1. The molecule has 0 aliphatic heterocycles. The highest BCUT2D eigenvalue weighted by molar-refractivity contribution is 6.31. The lowest BCUT2D eigenvalue weighted by molar-refractivity contribution is 0.289. The summed E-state index contributed by atoms with van der Waals surface area (Å²) in [7, 11) is 0. The molecule has 0 aliphatic carbocycles. The van der Waals surface area contributed by atoms with E-state index in [0.29, 0.717) is 24.7 Å². The van der Waals surface area contributed by atoms with Crippen LogP contribution in [0.4, 0.5) is 0 Å². The summed E-state index contributed by atoms with van der Waals surface area (Å²) in [5, 5.41) is 4.85. The molecular weight excluding hydrogens is 250 g/mol. The van der Waals surface area contributed by atoms with Crippen molar-refractivity contribution in [3.8, 4) is 5.75 Å². The van der Waals surface area contributed by atoms with Crippen LogP contribution < -0.4 is 10.5 Å². The van der Waals surface area contributed by atoms with Gasteiger partial charge in [-0.2, -0.15) is 5.10 Å². The Kier molecular flexibility index (Phi) is 4.23. The molecule has 0 amide bonds. The molecule has 96 valence electrons. The van der Waals surface area contributed by atoms with Gasteiger partial charge in [-0.3, -0.25) is 4.68 Å². The molecule has 2 aromatic rings. The van der Waals surface area contributed by atoms with Gasteiger partial charge in [0, 0.05) is 6.54 Å². The van der Waals surface area contributed by atoms with Crippen molar-refractivity contribution in [3.63, 3.8) is 0 Å². The van der Waals surface area contributed by atoms with Crippen LogP contribution >= 0.6 is 11.6 Å². The van der Waals surface area contributed by atoms with Crippen molar-refractivity contribution in [1.29, 1.82) is 0 Å². The highest BCUT2D eigenvalue weighted by atomic mass is 35.5. The Hall–Kier alpha value is -1.52. The zero-order valence-corrected chi connectivity index (χ0v) is 11.0. The minimum absolute atomic E-state index is 0.519. The molecule has 0 saturated heterocycles. The highest BCUT2D eigenvalue weighted by Crippen LogP contribution is 2.15. The topological polar surface area (TPSA) is 53.1 Å². The van der Waals surface area contributed by atoms with Crippen LogP contribution in [0.5, 0.6) is 5.75 Å². The second-order valence-electron chi connectivity index (χ2n) is 4.00. The first kappa shape index (κ1) is 12.9. The normalized spacial score (nSPS) is 10.6. The van der Waals surface area contributed by atoms with Gasteiger partial charge in [-0.1, -0.05) is 23.7 Å². The van der Waals surface area contributed by atoms with Crippen molar-refractivity contribution in [3.05, 3.63) is 46.7 Å². The van der Waals surface area contributed by atoms with E-state index in [4.69, 9.17) is 22.1 Å². The predicted molar refractivity (Wildman–Crippen MR) is 71.8 cm³/mol. The van der Waals surface area contributed by atoms with Crippen LogP contribution in [0.2, 0.25) is 5.02 Å². The van der Waals surface area contributed by atoms with Crippen molar-refractivity contribution in [2.24, 2.45) is 5.73 Å². The largest absolute Gasteiger partial charge is 0.492 e. The fraction of sp³-hybridized carbons (Fsp3) is 0.308. The van der Waals surface area contributed by atoms with Crippen LogP contribution in [-0.4, -0.2) is 16.4 Å². The zero-order valence-electron chi connectivity index (χ0n) is 10.3. The summed E-state index contributed by atoms with van der Waals surface area (Å²) in [6.07, 6.45) is 1.64. The zero-order chi connectivity index (χ0) is 13.0. The Labute approximate surface area is 111 Å². The van der Waals surface area contributed by atoms with Gasteiger partial charge in [0.25, 0.3) is 0 Å². The number of rotatable bonds is 5. The first-order valence-electron chi connectivity index (χ1n) is 5.80. The van der Waals surface area contributed by atoms with Crippen LogP contribution in [0.25, 0.3) is 0 Å². The van der Waals surface area contributed by atoms with Gasteiger partial charge in [-0.25, -0.2) is 0 Å². The van der Waals surface area contributed by atoms with Crippen molar-refractivity contribution < 1.29 is 4.74 Å². The Morgan fingerprint density at radius 3 is 2.94 bits per heavy atom. The SMILES string of the molecule is Cc1c(Cl)cnn1CCOc1cccc(CN)c1. The molecule has 1 aromatic heterocycles. The summed E-state index contributed by atoms with van der Waals surface area (Å²) in [6.45, 7) is 3.67. The Balaban J connectivity index is 1.90. The molecule has 0 radical (unpaired) electrons. The van der Waals surface area contributed by atoms with Crippen LogP contribution in [0, 0.1) is 6.92 Å². The van der Waals surface area contributed by atoms with E-state index < -0.39 is 0 Å². The van der Waals surface area contributed by atoms with E-state index in [1.165, 1.54) is 0 Å². The Bertz CT molecular complexity index is 525. The summed E-state index contributed by atoms with van der Waals surface area (Å²) in [6, 6.07) is 7.78. The van der Waals surface area contributed by atoms with E-state index in [1.54, 1.807) is 6.20 Å². The monoisotopic (exact) mass is 265 g/mol. The molecule has 0 atom stereocenters. The molecule has 0 spiro atoms. The smallest absolute Gasteiger partial charge is 0.119 e. The van der Waals surface area contributed by atoms with E-state index in [2.05, 4.69) is 5.10 Å². The maximum absolute atomic E-state index is 5.93. The average Bonchev–Trinajstić information content (AvgIpc) is 2.71. The molecule has 0 bridgehead atoms. The quantitative estimate of drug-likeness (QED) is 0.903. The minimum Gasteiger partial charge on any atom is -0.492 e. The number of hydrogen-bond donors (Lipinski definition) is 1. The van der Waals surface area contributed by atoms with Crippen molar-refractivity contribution in [2.45, 2.75) is 20.0 Å². The molecule has 1 aromatic carbocycles. The summed E-state index contributed by atoms with van der Waals surface area (Å²) < 4.78 is 7.49. The molecule has 4 nitrogen and oxygen atoms in total. The Morgan fingerprint density at radius 2 is 2.28 bits per heavy atom. The van der Waals surface area contributed by atoms with E-state index in [0.717, 1.165) is 17.0 Å². The fourth-order valence-electron chi connectivity index (χ4n) is 1.66. The van der Waals surface area contributed by atoms with Crippen molar-refractivity contribution in [2.75, 3.05) is 6.61 Å². The summed E-state index contributed by atoms with van der Waals surface area (Å²) >= 11 is 5.93. The number of halogens is 1. The first-order chi connectivity index (χ1) is 8.70. The van der Waals surface area contributed by atoms with Gasteiger partial charge in [0.05, 0.1) is 23.5 Å². The molecule has 0 saturated carbocycles. The number of hydrogen-bond acceptors (Lipinski definition) is 3. The number of nitrogens with two attached hydrogens (primary N) is 1. The molecule has 0 fully saturated rings. The third kappa shape index (κ3) is 3.03. The first-order valence-corrected chi connectivity index (χ1v) is 6.18. The third-order valence-corrected chi connectivity index (χ3v) is 3.12. The average molecular weight is 266 g/mol. The van der Waals surface area contributed by atoms with Crippen LogP contribution in [0.1, 0.15) is 11.3 Å². The molecular formula is C13H16ClN3O. The van der Waals surface area contributed by atoms with Gasteiger partial charge in [0.1, 0.15) is 12.4 Å². The van der Waals surface area contributed by atoms with E-state index in [9.17, 15) is 0 Å². The fourth-order valence-corrected chi connectivity index (χ4v) is 1.80. The molecule has 5 heteroatoms. The number of ether oxygens (including phenoxy) is 1. The maximum atomic E-state index is 5.93. The van der Waals surface area contributed by atoms with E-state index >= 15 is 0 Å². The highest BCUT2D eigenvalue weighted by Gasteiger charge is 2.03. The van der Waals surface area contributed by atoms with Gasteiger partial charge < -0.3 is 10.5 Å². The summed E-state index contributed by atoms with van der Waals surface area (Å²) in [4.78, 5) is 0. The lowest BCUT2D eigenvalue weighted by Crippen LogP contribution is -2.10. The molecule has 0 unspecified atom stereocenters.